The van der Waals surface area contributed by atoms with E-state index in [-0.39, 0.29) is 5.89 Å². The molecule has 0 amide bonds. The first kappa shape index (κ1) is 23.5. The fraction of sp³-hybridized carbons (Fsp3) is 0.375. The molecule has 0 radical (unpaired) electrons. The first-order valence-corrected chi connectivity index (χ1v) is 11.8. The predicted octanol–water partition coefficient (Wildman–Crippen LogP) is 5.26. The molecule has 4 aromatic rings. The van der Waals surface area contributed by atoms with Crippen LogP contribution in [-0.2, 0) is 13.1 Å². The van der Waals surface area contributed by atoms with Gasteiger partial charge in [0.25, 0.3) is 5.89 Å². The number of rotatable bonds is 7. The van der Waals surface area contributed by atoms with Crippen LogP contribution in [0.1, 0.15) is 43.3 Å². The Labute approximate surface area is 205 Å². The summed E-state index contributed by atoms with van der Waals surface area (Å²) in [5.41, 5.74) is 3.78. The van der Waals surface area contributed by atoms with E-state index in [4.69, 9.17) is 16.0 Å². The van der Waals surface area contributed by atoms with Crippen LogP contribution in [0.15, 0.2) is 47.1 Å². The van der Waals surface area contributed by atoms with Crippen LogP contribution in [0.25, 0.3) is 22.7 Å². The van der Waals surface area contributed by atoms with E-state index in [1.54, 1.807) is 16.8 Å². The van der Waals surface area contributed by atoms with Gasteiger partial charge in [-0.1, -0.05) is 41.9 Å². The van der Waals surface area contributed by atoms with Crippen molar-refractivity contribution in [2.45, 2.75) is 39.3 Å². The van der Waals surface area contributed by atoms with Crippen LogP contribution in [-0.4, -0.2) is 48.2 Å². The first-order chi connectivity index (χ1) is 17.0. The number of nitrogens with zero attached hydrogens (tertiary/aromatic N) is 7. The minimum absolute atomic E-state index is 0.00372. The van der Waals surface area contributed by atoms with Crippen LogP contribution in [0, 0.1) is 5.92 Å². The topological polar surface area (TPSA) is 85.8 Å². The molecule has 1 aliphatic rings. The second-order valence-corrected chi connectivity index (χ2v) is 9.20. The predicted molar refractivity (Wildman–Crippen MR) is 126 cm³/mol. The zero-order valence-electron chi connectivity index (χ0n) is 19.1. The SMILES string of the molecule is CC1CCN(Cc2cccc(-c3cn(Cc4ccc(-c5nnc(C(F)F)o5)cn4)nn3)c2Cl)CC1. The maximum absolute atomic E-state index is 12.7. The molecule has 0 unspecified atom stereocenters. The molecule has 11 heteroatoms. The number of piperidine rings is 1. The summed E-state index contributed by atoms with van der Waals surface area (Å²) in [5, 5.41) is 16.2. The summed E-state index contributed by atoms with van der Waals surface area (Å²) >= 11 is 6.77. The summed E-state index contributed by atoms with van der Waals surface area (Å²) in [5.74, 6) is 0.0643. The molecule has 0 spiro atoms. The van der Waals surface area contributed by atoms with E-state index in [1.165, 1.54) is 19.0 Å². The second kappa shape index (κ2) is 10.2. The molecule has 0 N–H and O–H groups in total. The van der Waals surface area contributed by atoms with Crippen molar-refractivity contribution in [2.75, 3.05) is 13.1 Å². The molecule has 8 nitrogen and oxygen atoms in total. The summed E-state index contributed by atoms with van der Waals surface area (Å²) in [6.07, 6.45) is 2.94. The Balaban J connectivity index is 1.27. The molecule has 0 atom stereocenters. The van der Waals surface area contributed by atoms with Crippen molar-refractivity contribution in [3.8, 4) is 22.7 Å². The molecule has 0 bridgehead atoms. The number of hydrogen-bond acceptors (Lipinski definition) is 7. The smallest absolute Gasteiger partial charge is 0.314 e. The number of likely N-dealkylation sites (tertiary alicyclic amines) is 1. The minimum atomic E-state index is -2.81. The van der Waals surface area contributed by atoms with Crippen molar-refractivity contribution >= 4 is 11.6 Å². The fourth-order valence-corrected chi connectivity index (χ4v) is 4.39. The largest absolute Gasteiger partial charge is 0.415 e. The summed E-state index contributed by atoms with van der Waals surface area (Å²) in [6, 6.07) is 9.44. The molecule has 182 valence electrons. The van der Waals surface area contributed by atoms with Crippen molar-refractivity contribution in [1.29, 1.82) is 0 Å². The summed E-state index contributed by atoms with van der Waals surface area (Å²) in [6.45, 7) is 5.68. The molecular formula is C24H24ClF2N7O. The fourth-order valence-electron chi connectivity index (χ4n) is 4.11. The lowest BCUT2D eigenvalue weighted by Crippen LogP contribution is -2.32. The van der Waals surface area contributed by atoms with Gasteiger partial charge < -0.3 is 4.42 Å². The molecule has 35 heavy (non-hydrogen) atoms. The van der Waals surface area contributed by atoms with Crippen LogP contribution in [0.2, 0.25) is 5.02 Å². The average molecular weight is 500 g/mol. The number of benzene rings is 1. The van der Waals surface area contributed by atoms with Crippen LogP contribution >= 0.6 is 11.6 Å². The molecule has 1 aromatic carbocycles. The van der Waals surface area contributed by atoms with E-state index >= 15 is 0 Å². The Morgan fingerprint density at radius 3 is 2.63 bits per heavy atom. The van der Waals surface area contributed by atoms with Gasteiger partial charge in [0.05, 0.1) is 29.0 Å². The minimum Gasteiger partial charge on any atom is -0.415 e. The van der Waals surface area contributed by atoms with Crippen molar-refractivity contribution < 1.29 is 13.2 Å². The van der Waals surface area contributed by atoms with Crippen LogP contribution in [0.5, 0.6) is 0 Å². The van der Waals surface area contributed by atoms with Gasteiger partial charge in [-0.05, 0) is 49.5 Å². The highest BCUT2D eigenvalue weighted by atomic mass is 35.5. The lowest BCUT2D eigenvalue weighted by Gasteiger charge is -2.30. The van der Waals surface area contributed by atoms with Gasteiger partial charge in [0.15, 0.2) is 0 Å². The normalized spacial score (nSPS) is 15.2. The molecule has 1 fully saturated rings. The quantitative estimate of drug-likeness (QED) is 0.343. The molecule has 5 rings (SSSR count). The standard InChI is InChI=1S/C24H24ClF2N7O/c1-15-7-9-33(10-8-15)12-17-3-2-4-19(21(17)25)20-14-34(32-29-20)13-18-6-5-16(11-28-18)23-30-31-24(35-23)22(26)27/h2-6,11,14-15,22H,7-10,12-13H2,1H3. The third-order valence-electron chi connectivity index (χ3n) is 6.19. The van der Waals surface area contributed by atoms with E-state index in [2.05, 4.69) is 43.4 Å². The lowest BCUT2D eigenvalue weighted by atomic mass is 9.98. The van der Waals surface area contributed by atoms with E-state index in [9.17, 15) is 8.78 Å². The van der Waals surface area contributed by atoms with E-state index in [1.807, 2.05) is 18.3 Å². The summed E-state index contributed by atoms with van der Waals surface area (Å²) in [7, 11) is 0. The van der Waals surface area contributed by atoms with Gasteiger partial charge in [-0.2, -0.15) is 8.78 Å². The molecule has 3 aromatic heterocycles. The highest BCUT2D eigenvalue weighted by molar-refractivity contribution is 6.34. The summed E-state index contributed by atoms with van der Waals surface area (Å²) < 4.78 is 31.9. The van der Waals surface area contributed by atoms with E-state index < -0.39 is 12.3 Å². The van der Waals surface area contributed by atoms with Gasteiger partial charge in [-0.3, -0.25) is 9.88 Å². The van der Waals surface area contributed by atoms with Crippen molar-refractivity contribution in [1.82, 2.24) is 35.1 Å². The average Bonchev–Trinajstić information content (AvgIpc) is 3.53. The van der Waals surface area contributed by atoms with Gasteiger partial charge in [0, 0.05) is 18.3 Å². The second-order valence-electron chi connectivity index (χ2n) is 8.82. The maximum atomic E-state index is 12.7. The van der Waals surface area contributed by atoms with Gasteiger partial charge in [-0.25, -0.2) is 4.68 Å². The van der Waals surface area contributed by atoms with Gasteiger partial charge >= 0.3 is 6.43 Å². The van der Waals surface area contributed by atoms with Gasteiger partial charge in [0.2, 0.25) is 5.89 Å². The Kier molecular flexibility index (Phi) is 6.83. The number of pyridine rings is 1. The van der Waals surface area contributed by atoms with E-state index in [0.717, 1.165) is 36.7 Å². The number of alkyl halides is 2. The number of halogens is 3. The molecule has 4 heterocycles. The zero-order valence-corrected chi connectivity index (χ0v) is 19.9. The number of hydrogen-bond donors (Lipinski definition) is 0. The van der Waals surface area contributed by atoms with Gasteiger partial charge in [-0.15, -0.1) is 15.3 Å². The Bertz CT molecular complexity index is 1280. The van der Waals surface area contributed by atoms with Crippen molar-refractivity contribution in [2.24, 2.45) is 5.92 Å². The molecule has 0 saturated carbocycles. The Morgan fingerprint density at radius 2 is 1.91 bits per heavy atom. The highest BCUT2D eigenvalue weighted by Crippen LogP contribution is 2.31. The first-order valence-electron chi connectivity index (χ1n) is 11.4. The van der Waals surface area contributed by atoms with Crippen LogP contribution in [0.4, 0.5) is 8.78 Å². The van der Waals surface area contributed by atoms with Crippen LogP contribution in [0.3, 0.4) is 0 Å². The van der Waals surface area contributed by atoms with Crippen molar-refractivity contribution in [3.63, 3.8) is 0 Å². The Morgan fingerprint density at radius 1 is 1.09 bits per heavy atom. The lowest BCUT2D eigenvalue weighted by molar-refractivity contribution is 0.116. The van der Waals surface area contributed by atoms with Crippen molar-refractivity contribution in [3.05, 3.63) is 64.9 Å². The van der Waals surface area contributed by atoms with Crippen LogP contribution < -0.4 is 0 Å². The molecular weight excluding hydrogens is 476 g/mol. The summed E-state index contributed by atoms with van der Waals surface area (Å²) in [4.78, 5) is 6.80. The third kappa shape index (κ3) is 5.38. The molecule has 1 aliphatic heterocycles. The molecule has 1 saturated heterocycles. The maximum Gasteiger partial charge on any atom is 0.314 e. The zero-order chi connectivity index (χ0) is 24.4. The monoisotopic (exact) mass is 499 g/mol. The highest BCUT2D eigenvalue weighted by Gasteiger charge is 2.19. The Hall–Kier alpha value is -3.24. The third-order valence-corrected chi connectivity index (χ3v) is 6.63. The molecule has 0 aliphatic carbocycles. The number of aromatic nitrogens is 6. The van der Waals surface area contributed by atoms with E-state index in [0.29, 0.717) is 28.5 Å². The van der Waals surface area contributed by atoms with Gasteiger partial charge in [0.1, 0.15) is 5.69 Å².